The molecule has 1 aromatic heterocycles. The Labute approximate surface area is 228 Å². The summed E-state index contributed by atoms with van der Waals surface area (Å²) in [5.41, 5.74) is 1.18. The molecule has 2 N–H and O–H groups in total. The maximum absolute atomic E-state index is 13.3. The SMILES string of the molecule is CCOC(=O)c1c(NC(=S)Nc2cc(OCC(F)(F)F)cc(OCC(F)(F)C(F)F)c2)sc2c1CCCCC2. The summed E-state index contributed by atoms with van der Waals surface area (Å²) in [6, 6.07) is 3.02. The van der Waals surface area contributed by atoms with Crippen LogP contribution in [0, 0.1) is 0 Å². The number of alkyl halides is 7. The average Bonchev–Trinajstić information content (AvgIpc) is 3.01. The Morgan fingerprint density at radius 1 is 1.00 bits per heavy atom. The normalized spacial score (nSPS) is 13.9. The minimum atomic E-state index is -4.70. The molecule has 0 spiro atoms. The van der Waals surface area contributed by atoms with Crippen molar-refractivity contribution in [2.24, 2.45) is 0 Å². The quantitative estimate of drug-likeness (QED) is 0.129. The minimum absolute atomic E-state index is 0.0432. The highest BCUT2D eigenvalue weighted by Crippen LogP contribution is 2.38. The van der Waals surface area contributed by atoms with Crippen molar-refractivity contribution in [1.29, 1.82) is 0 Å². The monoisotopic (exact) mass is 602 g/mol. The number of rotatable bonds is 10. The molecule has 6 nitrogen and oxygen atoms in total. The Morgan fingerprint density at radius 3 is 2.26 bits per heavy atom. The fraction of sp³-hybridized carbons (Fsp3) is 0.500. The Kier molecular flexibility index (Phi) is 10.3. The molecule has 1 aromatic carbocycles. The van der Waals surface area contributed by atoms with Crippen LogP contribution < -0.4 is 20.1 Å². The largest absolute Gasteiger partial charge is 0.487 e. The van der Waals surface area contributed by atoms with Crippen molar-refractivity contribution >= 4 is 45.3 Å². The third kappa shape index (κ3) is 8.85. The number of benzene rings is 1. The average molecular weight is 603 g/mol. The molecule has 0 radical (unpaired) electrons. The summed E-state index contributed by atoms with van der Waals surface area (Å²) in [6.07, 6.45) is -4.38. The number of thiophene rings is 1. The van der Waals surface area contributed by atoms with Gasteiger partial charge in [-0.25, -0.2) is 13.6 Å². The number of aryl methyl sites for hydroxylation is 1. The van der Waals surface area contributed by atoms with Crippen LogP contribution in [0.4, 0.5) is 41.4 Å². The lowest BCUT2D eigenvalue weighted by Gasteiger charge is -2.18. The van der Waals surface area contributed by atoms with Crippen LogP contribution in [-0.2, 0) is 17.6 Å². The van der Waals surface area contributed by atoms with Crippen LogP contribution in [0.25, 0.3) is 0 Å². The molecule has 1 heterocycles. The number of hydrogen-bond donors (Lipinski definition) is 2. The number of fused-ring (bicyclic) bond motifs is 1. The van der Waals surface area contributed by atoms with Gasteiger partial charge in [-0.1, -0.05) is 6.42 Å². The molecule has 3 rings (SSSR count). The van der Waals surface area contributed by atoms with Crippen molar-refractivity contribution in [3.05, 3.63) is 34.2 Å². The Hall–Kier alpha value is -2.81. The minimum Gasteiger partial charge on any atom is -0.487 e. The van der Waals surface area contributed by atoms with Gasteiger partial charge in [0.15, 0.2) is 18.3 Å². The molecule has 216 valence electrons. The van der Waals surface area contributed by atoms with Crippen LogP contribution in [0.2, 0.25) is 0 Å². The second-order valence-corrected chi connectivity index (χ2v) is 10.0. The molecule has 0 fully saturated rings. The second-order valence-electron chi connectivity index (χ2n) is 8.52. The van der Waals surface area contributed by atoms with Gasteiger partial charge in [0.2, 0.25) is 0 Å². The van der Waals surface area contributed by atoms with Gasteiger partial charge in [-0.15, -0.1) is 11.3 Å². The topological polar surface area (TPSA) is 68.8 Å². The van der Waals surface area contributed by atoms with E-state index in [2.05, 4.69) is 15.4 Å². The predicted molar refractivity (Wildman–Crippen MR) is 136 cm³/mol. The first kappa shape index (κ1) is 30.7. The number of esters is 1. The molecule has 0 saturated carbocycles. The molecule has 0 aliphatic heterocycles. The van der Waals surface area contributed by atoms with E-state index in [1.165, 1.54) is 11.3 Å². The van der Waals surface area contributed by atoms with Crippen molar-refractivity contribution in [2.45, 2.75) is 57.6 Å². The van der Waals surface area contributed by atoms with Crippen LogP contribution in [0.3, 0.4) is 0 Å². The van der Waals surface area contributed by atoms with E-state index < -0.39 is 49.2 Å². The van der Waals surface area contributed by atoms with Crippen LogP contribution in [-0.4, -0.2) is 49.4 Å². The summed E-state index contributed by atoms with van der Waals surface area (Å²) < 4.78 is 104. The van der Waals surface area contributed by atoms with Crippen LogP contribution in [0.1, 0.15) is 47.0 Å². The first-order valence-corrected chi connectivity index (χ1v) is 13.0. The number of halogens is 7. The van der Waals surface area contributed by atoms with Gasteiger partial charge < -0.3 is 24.8 Å². The van der Waals surface area contributed by atoms with E-state index in [1.54, 1.807) is 6.92 Å². The number of ether oxygens (including phenoxy) is 3. The maximum Gasteiger partial charge on any atom is 0.422 e. The summed E-state index contributed by atoms with van der Waals surface area (Å²) in [4.78, 5) is 13.7. The van der Waals surface area contributed by atoms with Crippen LogP contribution >= 0.6 is 23.6 Å². The number of carbonyl (C=O) groups excluding carboxylic acids is 1. The molecule has 1 aliphatic rings. The number of hydrogen-bond acceptors (Lipinski definition) is 6. The zero-order valence-electron chi connectivity index (χ0n) is 20.6. The highest BCUT2D eigenvalue weighted by Gasteiger charge is 2.41. The predicted octanol–water partition coefficient (Wildman–Crippen LogP) is 7.22. The highest BCUT2D eigenvalue weighted by atomic mass is 32.1. The molecule has 0 amide bonds. The summed E-state index contributed by atoms with van der Waals surface area (Å²) in [7, 11) is 0. The summed E-state index contributed by atoms with van der Waals surface area (Å²) >= 11 is 6.65. The zero-order valence-corrected chi connectivity index (χ0v) is 22.2. The van der Waals surface area contributed by atoms with Crippen molar-refractivity contribution in [3.63, 3.8) is 0 Å². The van der Waals surface area contributed by atoms with Crippen molar-refractivity contribution in [3.8, 4) is 11.5 Å². The van der Waals surface area contributed by atoms with Gasteiger partial charge in [-0.05, 0) is 50.4 Å². The van der Waals surface area contributed by atoms with Gasteiger partial charge in [-0.3, -0.25) is 0 Å². The number of nitrogens with one attached hydrogen (secondary N) is 2. The van der Waals surface area contributed by atoms with Gasteiger partial charge in [-0.2, -0.15) is 22.0 Å². The summed E-state index contributed by atoms with van der Waals surface area (Å²) in [5, 5.41) is 5.90. The molecule has 0 saturated heterocycles. The highest BCUT2D eigenvalue weighted by molar-refractivity contribution is 7.80. The number of anilines is 2. The fourth-order valence-electron chi connectivity index (χ4n) is 3.73. The fourth-order valence-corrected chi connectivity index (χ4v) is 5.30. The molecule has 15 heteroatoms. The number of thiocarbonyl (C=S) groups is 1. The van der Waals surface area contributed by atoms with E-state index in [4.69, 9.17) is 21.7 Å². The van der Waals surface area contributed by atoms with E-state index >= 15 is 0 Å². The van der Waals surface area contributed by atoms with Crippen LogP contribution in [0.5, 0.6) is 11.5 Å². The summed E-state index contributed by atoms with van der Waals surface area (Å²) in [5.74, 6) is -5.92. The lowest BCUT2D eigenvalue weighted by Crippen LogP contribution is -2.33. The molecule has 0 atom stereocenters. The van der Waals surface area contributed by atoms with Gasteiger partial charge in [0.1, 0.15) is 16.5 Å². The Bertz CT molecular complexity index is 1170. The first-order chi connectivity index (χ1) is 18.3. The first-order valence-electron chi connectivity index (χ1n) is 11.8. The summed E-state index contributed by atoms with van der Waals surface area (Å²) in [6.45, 7) is -1.59. The zero-order chi connectivity index (χ0) is 28.8. The van der Waals surface area contributed by atoms with E-state index in [9.17, 15) is 35.5 Å². The van der Waals surface area contributed by atoms with E-state index in [0.717, 1.165) is 54.3 Å². The lowest BCUT2D eigenvalue weighted by molar-refractivity contribution is -0.153. The lowest BCUT2D eigenvalue weighted by atomic mass is 10.1. The van der Waals surface area contributed by atoms with Crippen molar-refractivity contribution < 1.29 is 49.7 Å². The van der Waals surface area contributed by atoms with Gasteiger partial charge in [0.05, 0.1) is 12.2 Å². The molecule has 2 aromatic rings. The molecular formula is C24H25F7N2O4S2. The third-order valence-corrected chi connectivity index (χ3v) is 6.83. The van der Waals surface area contributed by atoms with E-state index in [-0.39, 0.29) is 17.4 Å². The molecule has 39 heavy (non-hydrogen) atoms. The van der Waals surface area contributed by atoms with E-state index in [0.29, 0.717) is 17.0 Å². The van der Waals surface area contributed by atoms with Gasteiger partial charge in [0.25, 0.3) is 0 Å². The molecule has 1 aliphatic carbocycles. The van der Waals surface area contributed by atoms with Gasteiger partial charge >= 0.3 is 24.5 Å². The second kappa shape index (κ2) is 13.0. The third-order valence-electron chi connectivity index (χ3n) is 5.42. The van der Waals surface area contributed by atoms with E-state index in [1.807, 2.05) is 0 Å². The Morgan fingerprint density at radius 2 is 1.64 bits per heavy atom. The molecular weight excluding hydrogens is 577 g/mol. The molecule has 0 bridgehead atoms. The maximum atomic E-state index is 13.3. The smallest absolute Gasteiger partial charge is 0.422 e. The molecule has 0 unspecified atom stereocenters. The Balaban J connectivity index is 1.83. The number of carbonyl (C=O) groups is 1. The standard InChI is InChI=1S/C24H25F7N2O4S2/c1-2-35-20(34)18-16-6-4-3-5-7-17(16)39-19(18)33-22(38)32-13-8-14(36-11-23(27,28)21(25)26)10-15(9-13)37-12-24(29,30)31/h8-10,21H,2-7,11-12H2,1H3,(H2,32,33,38). The van der Waals surface area contributed by atoms with Crippen molar-refractivity contribution in [2.75, 3.05) is 30.5 Å². The van der Waals surface area contributed by atoms with Crippen LogP contribution in [0.15, 0.2) is 18.2 Å². The van der Waals surface area contributed by atoms with Gasteiger partial charge in [0, 0.05) is 28.8 Å². The van der Waals surface area contributed by atoms with Crippen molar-refractivity contribution in [1.82, 2.24) is 0 Å².